The fraction of sp³-hybridized carbons (Fsp3) is 0.286. The number of aromatic nitrogens is 2. The molecule has 1 aromatic heterocycles. The second-order valence-electron chi connectivity index (χ2n) is 6.27. The minimum atomic E-state index is -0.0722. The molecule has 7 heteroatoms. The third-order valence-electron chi connectivity index (χ3n) is 4.37. The van der Waals surface area contributed by atoms with Crippen molar-refractivity contribution < 1.29 is 18.8 Å². The van der Waals surface area contributed by atoms with Gasteiger partial charge in [-0.05, 0) is 44.2 Å². The molecule has 0 aliphatic heterocycles. The maximum absolute atomic E-state index is 12.8. The Morgan fingerprint density at radius 3 is 2.57 bits per heavy atom. The zero-order chi connectivity index (χ0) is 20.1. The van der Waals surface area contributed by atoms with Crippen LogP contribution in [0.2, 0.25) is 0 Å². The van der Waals surface area contributed by atoms with Gasteiger partial charge in [0.25, 0.3) is 5.91 Å². The Kier molecular flexibility index (Phi) is 5.93. The van der Waals surface area contributed by atoms with E-state index in [9.17, 15) is 4.79 Å². The summed E-state index contributed by atoms with van der Waals surface area (Å²) in [5.74, 6) is 1.92. The van der Waals surface area contributed by atoms with Crippen molar-refractivity contribution in [2.24, 2.45) is 0 Å². The van der Waals surface area contributed by atoms with Gasteiger partial charge in [0, 0.05) is 17.7 Å². The van der Waals surface area contributed by atoms with Crippen molar-refractivity contribution in [1.29, 1.82) is 0 Å². The van der Waals surface area contributed by atoms with E-state index in [-0.39, 0.29) is 12.5 Å². The number of ether oxygens (including phenoxy) is 2. The van der Waals surface area contributed by atoms with Crippen LogP contribution in [0.5, 0.6) is 11.5 Å². The first kappa shape index (κ1) is 19.4. The smallest absolute Gasteiger partial charge is 0.254 e. The van der Waals surface area contributed by atoms with E-state index < -0.39 is 0 Å². The van der Waals surface area contributed by atoms with Crippen molar-refractivity contribution in [2.45, 2.75) is 20.4 Å². The minimum Gasteiger partial charge on any atom is -0.493 e. The molecule has 0 aliphatic rings. The summed E-state index contributed by atoms with van der Waals surface area (Å²) >= 11 is 0. The predicted octanol–water partition coefficient (Wildman–Crippen LogP) is 3.72. The van der Waals surface area contributed by atoms with Crippen LogP contribution < -0.4 is 9.47 Å². The molecule has 2 aromatic carbocycles. The van der Waals surface area contributed by atoms with Crippen LogP contribution in [0.1, 0.15) is 28.7 Å². The first-order valence-corrected chi connectivity index (χ1v) is 8.96. The highest BCUT2D eigenvalue weighted by molar-refractivity contribution is 5.94. The van der Waals surface area contributed by atoms with E-state index in [0.717, 1.165) is 11.1 Å². The minimum absolute atomic E-state index is 0.0722. The molecule has 0 aliphatic carbocycles. The Hall–Kier alpha value is -3.35. The largest absolute Gasteiger partial charge is 0.493 e. The molecule has 0 unspecified atom stereocenters. The Bertz CT molecular complexity index is 968. The van der Waals surface area contributed by atoms with Gasteiger partial charge in [-0.3, -0.25) is 4.79 Å². The first-order valence-electron chi connectivity index (χ1n) is 8.96. The Balaban J connectivity index is 1.78. The van der Waals surface area contributed by atoms with E-state index in [2.05, 4.69) is 10.1 Å². The molecule has 28 heavy (non-hydrogen) atoms. The van der Waals surface area contributed by atoms with Gasteiger partial charge >= 0.3 is 0 Å². The predicted molar refractivity (Wildman–Crippen MR) is 104 cm³/mol. The average Bonchev–Trinajstić information content (AvgIpc) is 3.19. The fourth-order valence-corrected chi connectivity index (χ4v) is 2.86. The molecule has 0 bridgehead atoms. The Labute approximate surface area is 163 Å². The van der Waals surface area contributed by atoms with Crippen molar-refractivity contribution in [2.75, 3.05) is 20.8 Å². The van der Waals surface area contributed by atoms with E-state index >= 15 is 0 Å². The van der Waals surface area contributed by atoms with Gasteiger partial charge in [0.15, 0.2) is 11.5 Å². The summed E-state index contributed by atoms with van der Waals surface area (Å²) in [6.07, 6.45) is 0. The first-order chi connectivity index (χ1) is 13.5. The number of aryl methyl sites for hydroxylation is 1. The van der Waals surface area contributed by atoms with E-state index in [1.807, 2.05) is 38.1 Å². The van der Waals surface area contributed by atoms with Crippen LogP contribution in [0.4, 0.5) is 0 Å². The van der Waals surface area contributed by atoms with Crippen LogP contribution in [0.3, 0.4) is 0 Å². The summed E-state index contributed by atoms with van der Waals surface area (Å²) in [5, 5.41) is 4.03. The number of rotatable bonds is 7. The van der Waals surface area contributed by atoms with Gasteiger partial charge in [0.05, 0.1) is 14.2 Å². The van der Waals surface area contributed by atoms with Crippen molar-refractivity contribution in [1.82, 2.24) is 15.0 Å². The lowest BCUT2D eigenvalue weighted by Gasteiger charge is -2.19. The lowest BCUT2D eigenvalue weighted by atomic mass is 10.1. The Morgan fingerprint density at radius 1 is 1.11 bits per heavy atom. The van der Waals surface area contributed by atoms with Crippen LogP contribution in [0, 0.1) is 6.92 Å². The molecule has 0 N–H and O–H groups in total. The molecule has 0 saturated heterocycles. The quantitative estimate of drug-likeness (QED) is 0.621. The zero-order valence-electron chi connectivity index (χ0n) is 16.4. The molecule has 1 heterocycles. The number of hydrogen-bond donors (Lipinski definition) is 0. The summed E-state index contributed by atoms with van der Waals surface area (Å²) in [5.41, 5.74) is 2.41. The lowest BCUT2D eigenvalue weighted by molar-refractivity contribution is 0.0734. The van der Waals surface area contributed by atoms with E-state index in [4.69, 9.17) is 14.0 Å². The number of methoxy groups -OCH3 is 2. The molecule has 1 amide bonds. The third-order valence-corrected chi connectivity index (χ3v) is 4.37. The number of hydrogen-bond acceptors (Lipinski definition) is 6. The van der Waals surface area contributed by atoms with Crippen molar-refractivity contribution >= 4 is 5.91 Å². The average molecular weight is 381 g/mol. The van der Waals surface area contributed by atoms with Gasteiger partial charge in [0.1, 0.15) is 6.54 Å². The highest BCUT2D eigenvalue weighted by Gasteiger charge is 2.19. The second-order valence-corrected chi connectivity index (χ2v) is 6.27. The van der Waals surface area contributed by atoms with Crippen LogP contribution in [-0.4, -0.2) is 41.7 Å². The maximum Gasteiger partial charge on any atom is 0.254 e. The molecule has 0 atom stereocenters. The SMILES string of the molecule is CCN(Cc1nc(-c2ccc(OC)c(OC)c2)no1)C(=O)c1cccc(C)c1. The molecule has 146 valence electrons. The Morgan fingerprint density at radius 2 is 1.89 bits per heavy atom. The third kappa shape index (κ3) is 4.14. The topological polar surface area (TPSA) is 77.7 Å². The van der Waals surface area contributed by atoms with E-state index in [1.54, 1.807) is 37.3 Å². The van der Waals surface area contributed by atoms with E-state index in [1.165, 1.54) is 0 Å². The highest BCUT2D eigenvalue weighted by atomic mass is 16.5. The zero-order valence-corrected chi connectivity index (χ0v) is 16.4. The molecule has 0 spiro atoms. The fourth-order valence-electron chi connectivity index (χ4n) is 2.86. The monoisotopic (exact) mass is 381 g/mol. The molecule has 3 aromatic rings. The van der Waals surface area contributed by atoms with E-state index in [0.29, 0.717) is 35.3 Å². The van der Waals surface area contributed by atoms with Crippen molar-refractivity contribution in [3.05, 3.63) is 59.5 Å². The molecular formula is C21H23N3O4. The molecule has 0 fully saturated rings. The normalized spacial score (nSPS) is 10.6. The van der Waals surface area contributed by atoms with Gasteiger partial charge in [-0.25, -0.2) is 0 Å². The van der Waals surface area contributed by atoms with Gasteiger partial charge in [0.2, 0.25) is 11.7 Å². The van der Waals surface area contributed by atoms with Gasteiger partial charge in [-0.15, -0.1) is 0 Å². The summed E-state index contributed by atoms with van der Waals surface area (Å²) in [7, 11) is 3.15. The van der Waals surface area contributed by atoms with Crippen LogP contribution >= 0.6 is 0 Å². The summed E-state index contributed by atoms with van der Waals surface area (Å²) in [6.45, 7) is 4.64. The van der Waals surface area contributed by atoms with Crippen LogP contribution in [0.15, 0.2) is 47.0 Å². The number of nitrogens with zero attached hydrogens (tertiary/aromatic N) is 3. The standard InChI is InChI=1S/C21H23N3O4/c1-5-24(21(25)16-8-6-7-14(2)11-16)13-19-22-20(23-28-19)15-9-10-17(26-3)18(12-15)27-4/h6-12H,5,13H2,1-4H3. The summed E-state index contributed by atoms with van der Waals surface area (Å²) in [6, 6.07) is 12.9. The van der Waals surface area contributed by atoms with Gasteiger partial charge in [-0.2, -0.15) is 4.98 Å². The molecular weight excluding hydrogens is 358 g/mol. The highest BCUT2D eigenvalue weighted by Crippen LogP contribution is 2.31. The number of benzene rings is 2. The van der Waals surface area contributed by atoms with Crippen molar-refractivity contribution in [3.8, 4) is 22.9 Å². The summed E-state index contributed by atoms with van der Waals surface area (Å²) < 4.78 is 15.9. The maximum atomic E-state index is 12.8. The lowest BCUT2D eigenvalue weighted by Crippen LogP contribution is -2.30. The van der Waals surface area contributed by atoms with Crippen molar-refractivity contribution in [3.63, 3.8) is 0 Å². The number of carbonyl (C=O) groups excluding carboxylic acids is 1. The molecule has 0 radical (unpaired) electrons. The molecule has 3 rings (SSSR count). The van der Waals surface area contributed by atoms with Crippen LogP contribution in [0.25, 0.3) is 11.4 Å². The molecule has 0 saturated carbocycles. The summed E-state index contributed by atoms with van der Waals surface area (Å²) in [4.78, 5) is 18.9. The number of carbonyl (C=O) groups is 1. The second kappa shape index (κ2) is 8.56. The van der Waals surface area contributed by atoms with Gasteiger partial charge < -0.3 is 18.9 Å². The molecule has 7 nitrogen and oxygen atoms in total. The number of amides is 1. The van der Waals surface area contributed by atoms with Crippen LogP contribution in [-0.2, 0) is 6.54 Å². The van der Waals surface area contributed by atoms with Gasteiger partial charge in [-0.1, -0.05) is 22.9 Å².